The van der Waals surface area contributed by atoms with E-state index in [9.17, 15) is 22.8 Å². The number of hydrogen-bond acceptors (Lipinski definition) is 6. The predicted molar refractivity (Wildman–Crippen MR) is 98.6 cm³/mol. The van der Waals surface area contributed by atoms with E-state index in [-0.39, 0.29) is 24.3 Å². The molecule has 12 heteroatoms. The molecule has 2 atom stereocenters. The SMILES string of the molecule is O=C(Cc1nccs1)Nc1cc([C@H]2CC[C@@H](OC(=O)NCCC(F)(F)F)C2)[nH]n1. The van der Waals surface area contributed by atoms with Crippen molar-refractivity contribution in [3.63, 3.8) is 0 Å². The molecular formula is C17H20F3N5O3S. The van der Waals surface area contributed by atoms with Crippen LogP contribution in [-0.4, -0.2) is 46.0 Å². The second-order valence-corrected chi connectivity index (χ2v) is 7.67. The number of nitrogens with one attached hydrogen (secondary N) is 3. The summed E-state index contributed by atoms with van der Waals surface area (Å²) in [5.74, 6) is 0.233. The van der Waals surface area contributed by atoms with Gasteiger partial charge in [-0.3, -0.25) is 9.89 Å². The molecule has 0 unspecified atom stereocenters. The molecule has 158 valence electrons. The zero-order valence-corrected chi connectivity index (χ0v) is 16.1. The zero-order valence-electron chi connectivity index (χ0n) is 15.3. The van der Waals surface area contributed by atoms with Gasteiger partial charge in [0.15, 0.2) is 5.82 Å². The summed E-state index contributed by atoms with van der Waals surface area (Å²) in [4.78, 5) is 27.7. The summed E-state index contributed by atoms with van der Waals surface area (Å²) in [5.41, 5.74) is 0.804. The molecule has 0 spiro atoms. The summed E-state index contributed by atoms with van der Waals surface area (Å²) in [6.07, 6.45) is -2.98. The Hall–Kier alpha value is -2.63. The normalized spacial score (nSPS) is 19.1. The van der Waals surface area contributed by atoms with E-state index in [1.54, 1.807) is 17.6 Å². The van der Waals surface area contributed by atoms with Gasteiger partial charge in [-0.1, -0.05) is 0 Å². The van der Waals surface area contributed by atoms with Gasteiger partial charge in [0.2, 0.25) is 5.91 Å². The number of hydrogen-bond donors (Lipinski definition) is 3. The molecule has 0 bridgehead atoms. The first-order valence-corrected chi connectivity index (χ1v) is 9.91. The van der Waals surface area contributed by atoms with Crippen molar-refractivity contribution in [2.45, 2.75) is 50.3 Å². The number of carbonyl (C=O) groups is 2. The number of alkyl halides is 3. The highest BCUT2D eigenvalue weighted by atomic mass is 32.1. The number of aromatic amines is 1. The van der Waals surface area contributed by atoms with Gasteiger partial charge in [0.05, 0.1) is 12.8 Å². The van der Waals surface area contributed by atoms with E-state index in [0.717, 1.165) is 12.1 Å². The Labute approximate surface area is 168 Å². The number of carbonyl (C=O) groups excluding carboxylic acids is 2. The molecule has 2 amide bonds. The van der Waals surface area contributed by atoms with Gasteiger partial charge >= 0.3 is 12.3 Å². The first-order chi connectivity index (χ1) is 13.8. The third-order valence-electron chi connectivity index (χ3n) is 4.44. The van der Waals surface area contributed by atoms with Crippen molar-refractivity contribution in [1.29, 1.82) is 0 Å². The Morgan fingerprint density at radius 2 is 2.17 bits per heavy atom. The van der Waals surface area contributed by atoms with E-state index in [1.807, 2.05) is 0 Å². The van der Waals surface area contributed by atoms with Crippen molar-refractivity contribution in [3.05, 3.63) is 28.3 Å². The smallest absolute Gasteiger partial charge is 0.407 e. The number of thiazole rings is 1. The number of rotatable bonds is 7. The molecule has 2 aromatic rings. The Morgan fingerprint density at radius 3 is 2.90 bits per heavy atom. The minimum Gasteiger partial charge on any atom is -0.446 e. The lowest BCUT2D eigenvalue weighted by molar-refractivity contribution is -0.133. The minimum absolute atomic E-state index is 0.0556. The first kappa shape index (κ1) is 21.1. The van der Waals surface area contributed by atoms with Crippen molar-refractivity contribution in [2.24, 2.45) is 0 Å². The Kier molecular flexibility index (Phi) is 6.72. The number of alkyl carbamates (subject to hydrolysis) is 1. The van der Waals surface area contributed by atoms with Crippen molar-refractivity contribution in [3.8, 4) is 0 Å². The molecule has 0 aromatic carbocycles. The van der Waals surface area contributed by atoms with Gasteiger partial charge in [-0.2, -0.15) is 18.3 Å². The maximum Gasteiger partial charge on any atom is 0.407 e. The van der Waals surface area contributed by atoms with E-state index in [2.05, 4.69) is 25.8 Å². The number of amides is 2. The Bertz CT molecular complexity index is 825. The van der Waals surface area contributed by atoms with E-state index < -0.39 is 25.2 Å². The second-order valence-electron chi connectivity index (χ2n) is 6.69. The van der Waals surface area contributed by atoms with Crippen LogP contribution in [-0.2, 0) is 16.0 Å². The standard InChI is InChI=1S/C17H20F3N5O3S/c18-17(19,20)3-4-22-16(27)28-11-2-1-10(7-11)12-8-13(25-24-12)23-14(26)9-15-21-5-6-29-15/h5-6,8,10-11H,1-4,7,9H2,(H,22,27)(H2,23,24,25,26)/t10-,11+/m0/s1. The number of ether oxygens (including phenoxy) is 1. The molecule has 1 saturated carbocycles. The van der Waals surface area contributed by atoms with Crippen LogP contribution in [0.2, 0.25) is 0 Å². The monoisotopic (exact) mass is 431 g/mol. The van der Waals surface area contributed by atoms with E-state index in [4.69, 9.17) is 4.74 Å². The average Bonchev–Trinajstić information content (AvgIpc) is 3.35. The van der Waals surface area contributed by atoms with Gasteiger partial charge in [-0.05, 0) is 19.3 Å². The van der Waals surface area contributed by atoms with Crippen molar-refractivity contribution < 1.29 is 27.5 Å². The van der Waals surface area contributed by atoms with Crippen LogP contribution in [0.1, 0.15) is 42.3 Å². The number of halogens is 3. The molecule has 2 heterocycles. The highest BCUT2D eigenvalue weighted by Gasteiger charge is 2.31. The van der Waals surface area contributed by atoms with E-state index in [1.165, 1.54) is 11.3 Å². The molecule has 3 N–H and O–H groups in total. The highest BCUT2D eigenvalue weighted by Crippen LogP contribution is 2.35. The van der Waals surface area contributed by atoms with Crippen LogP contribution in [0.4, 0.5) is 23.8 Å². The third kappa shape index (κ3) is 6.73. The van der Waals surface area contributed by atoms with Crippen LogP contribution in [0.25, 0.3) is 0 Å². The topological polar surface area (TPSA) is 109 Å². The molecule has 1 fully saturated rings. The summed E-state index contributed by atoms with van der Waals surface area (Å²) < 4.78 is 41.5. The molecule has 3 rings (SSSR count). The van der Waals surface area contributed by atoms with Crippen LogP contribution in [0.3, 0.4) is 0 Å². The fourth-order valence-electron chi connectivity index (χ4n) is 3.10. The van der Waals surface area contributed by atoms with Crippen LogP contribution in [0.15, 0.2) is 17.6 Å². The van der Waals surface area contributed by atoms with Gasteiger partial charge < -0.3 is 15.4 Å². The minimum atomic E-state index is -4.32. The van der Waals surface area contributed by atoms with Gasteiger partial charge in [-0.15, -0.1) is 11.3 Å². The fourth-order valence-corrected chi connectivity index (χ4v) is 3.72. The zero-order chi connectivity index (χ0) is 20.9. The summed E-state index contributed by atoms with van der Waals surface area (Å²) in [6.45, 7) is -0.511. The molecule has 1 aliphatic carbocycles. The van der Waals surface area contributed by atoms with E-state index >= 15 is 0 Å². The molecular weight excluding hydrogens is 411 g/mol. The maximum absolute atomic E-state index is 12.1. The maximum atomic E-state index is 12.1. The molecule has 2 aromatic heterocycles. The summed E-state index contributed by atoms with van der Waals surface area (Å²) in [7, 11) is 0. The molecule has 0 aliphatic heterocycles. The van der Waals surface area contributed by atoms with Gasteiger partial charge in [0.25, 0.3) is 0 Å². The van der Waals surface area contributed by atoms with Crippen LogP contribution in [0, 0.1) is 0 Å². The summed E-state index contributed by atoms with van der Waals surface area (Å²) >= 11 is 1.40. The largest absolute Gasteiger partial charge is 0.446 e. The Balaban J connectivity index is 1.42. The number of nitrogens with zero attached hydrogens (tertiary/aromatic N) is 2. The number of anilines is 1. The lowest BCUT2D eigenvalue weighted by Gasteiger charge is -2.13. The lowest BCUT2D eigenvalue weighted by Crippen LogP contribution is -2.31. The lowest BCUT2D eigenvalue weighted by atomic mass is 10.0. The molecule has 0 radical (unpaired) electrons. The quantitative estimate of drug-likeness (QED) is 0.623. The van der Waals surface area contributed by atoms with Gasteiger partial charge in [-0.25, -0.2) is 9.78 Å². The van der Waals surface area contributed by atoms with Crippen molar-refractivity contribution in [2.75, 3.05) is 11.9 Å². The molecule has 1 aliphatic rings. The Morgan fingerprint density at radius 1 is 1.34 bits per heavy atom. The fraction of sp³-hybridized carbons (Fsp3) is 0.529. The molecule has 29 heavy (non-hydrogen) atoms. The van der Waals surface area contributed by atoms with Gasteiger partial charge in [0, 0.05) is 35.8 Å². The first-order valence-electron chi connectivity index (χ1n) is 9.03. The molecule has 0 saturated heterocycles. The van der Waals surface area contributed by atoms with Gasteiger partial charge in [0.1, 0.15) is 11.1 Å². The van der Waals surface area contributed by atoms with Crippen LogP contribution < -0.4 is 10.6 Å². The number of aromatic nitrogens is 3. The van der Waals surface area contributed by atoms with Crippen LogP contribution >= 0.6 is 11.3 Å². The third-order valence-corrected chi connectivity index (χ3v) is 5.22. The van der Waals surface area contributed by atoms with Crippen LogP contribution in [0.5, 0.6) is 0 Å². The van der Waals surface area contributed by atoms with Crippen molar-refractivity contribution >= 4 is 29.2 Å². The highest BCUT2D eigenvalue weighted by molar-refractivity contribution is 7.09. The molecule has 8 nitrogen and oxygen atoms in total. The summed E-state index contributed by atoms with van der Waals surface area (Å²) in [6, 6.07) is 1.73. The van der Waals surface area contributed by atoms with E-state index in [0.29, 0.717) is 23.7 Å². The summed E-state index contributed by atoms with van der Waals surface area (Å²) in [5, 5.41) is 14.3. The average molecular weight is 431 g/mol. The number of H-pyrrole nitrogens is 1. The second kappa shape index (κ2) is 9.25. The van der Waals surface area contributed by atoms with Crippen molar-refractivity contribution in [1.82, 2.24) is 20.5 Å². The predicted octanol–water partition coefficient (Wildman–Crippen LogP) is 3.36.